The summed E-state index contributed by atoms with van der Waals surface area (Å²) in [6.45, 7) is 11.2. The van der Waals surface area contributed by atoms with E-state index in [1.54, 1.807) is 0 Å². The van der Waals surface area contributed by atoms with Gasteiger partial charge in [0.05, 0.1) is 0 Å². The van der Waals surface area contributed by atoms with Crippen LogP contribution in [-0.2, 0) is 5.41 Å². The van der Waals surface area contributed by atoms with E-state index in [0.29, 0.717) is 0 Å². The van der Waals surface area contributed by atoms with E-state index in [1.165, 1.54) is 48.8 Å². The van der Waals surface area contributed by atoms with Crippen LogP contribution in [0.15, 0.2) is 42.0 Å². The van der Waals surface area contributed by atoms with Crippen LogP contribution in [0.4, 0.5) is 0 Å². The fraction of sp³-hybridized carbons (Fsp3) is 0.524. The number of rotatable bonds is 7. The highest BCUT2D eigenvalue weighted by Crippen LogP contribution is 2.22. The van der Waals surface area contributed by atoms with Crippen molar-refractivity contribution in [1.82, 2.24) is 0 Å². The molecule has 0 aromatic heterocycles. The van der Waals surface area contributed by atoms with Gasteiger partial charge < -0.3 is 0 Å². The molecule has 0 spiro atoms. The van der Waals surface area contributed by atoms with Crippen molar-refractivity contribution in [3.63, 3.8) is 0 Å². The maximum Gasteiger partial charge on any atom is -0.0132 e. The van der Waals surface area contributed by atoms with Gasteiger partial charge in [0.15, 0.2) is 0 Å². The normalized spacial score (nSPS) is 13.1. The first-order chi connectivity index (χ1) is 9.93. The van der Waals surface area contributed by atoms with Crippen LogP contribution < -0.4 is 0 Å². The smallest absolute Gasteiger partial charge is 0.0132 e. The van der Waals surface area contributed by atoms with Crippen molar-refractivity contribution >= 4 is 6.08 Å². The van der Waals surface area contributed by atoms with Gasteiger partial charge in [0.2, 0.25) is 0 Å². The van der Waals surface area contributed by atoms with Gasteiger partial charge in [-0.1, -0.05) is 95.0 Å². The Hall–Kier alpha value is -1.30. The Kier molecular flexibility index (Phi) is 7.50. The molecule has 1 aromatic rings. The Morgan fingerprint density at radius 1 is 1.00 bits per heavy atom. The van der Waals surface area contributed by atoms with Crippen molar-refractivity contribution in [1.29, 1.82) is 0 Å². The summed E-state index contributed by atoms with van der Waals surface area (Å²) in [6.07, 6.45) is 13.4. The van der Waals surface area contributed by atoms with Gasteiger partial charge >= 0.3 is 0 Å². The molecule has 0 heterocycles. The predicted octanol–water partition coefficient (Wildman–Crippen LogP) is 6.91. The summed E-state index contributed by atoms with van der Waals surface area (Å²) in [7, 11) is 0. The molecule has 0 nitrogen and oxygen atoms in total. The number of unbranched alkanes of at least 4 members (excludes halogenated alkanes) is 4. The molecule has 0 fully saturated rings. The minimum atomic E-state index is 0.232. The van der Waals surface area contributed by atoms with Crippen molar-refractivity contribution in [3.05, 3.63) is 53.1 Å². The first kappa shape index (κ1) is 17.8. The monoisotopic (exact) mass is 284 g/mol. The van der Waals surface area contributed by atoms with Crippen molar-refractivity contribution in [2.24, 2.45) is 0 Å². The van der Waals surface area contributed by atoms with E-state index in [0.717, 1.165) is 0 Å². The highest BCUT2D eigenvalue weighted by molar-refractivity contribution is 5.55. The molecular weight excluding hydrogens is 252 g/mol. The summed E-state index contributed by atoms with van der Waals surface area (Å²) in [5.74, 6) is 0. The summed E-state index contributed by atoms with van der Waals surface area (Å²) in [4.78, 5) is 0. The van der Waals surface area contributed by atoms with E-state index in [2.05, 4.69) is 77.1 Å². The molecule has 0 amide bonds. The lowest BCUT2D eigenvalue weighted by Crippen LogP contribution is -2.10. The molecule has 0 atom stereocenters. The van der Waals surface area contributed by atoms with Gasteiger partial charge in [0, 0.05) is 0 Å². The maximum absolute atomic E-state index is 2.31. The Bertz CT molecular complexity index is 452. The standard InChI is InChI=1S/C21H32/c1-6-7-8-9-10-11-12-18(2)17-19-13-15-20(16-14-19)21(3,4)5/h11-17H,6-10H2,1-5H3/b12-11-,18-17+. The molecule has 0 aliphatic rings. The quantitative estimate of drug-likeness (QED) is 0.377. The number of hydrogen-bond acceptors (Lipinski definition) is 0. The lowest BCUT2D eigenvalue weighted by Gasteiger charge is -2.18. The van der Waals surface area contributed by atoms with Gasteiger partial charge in [-0.25, -0.2) is 0 Å². The summed E-state index contributed by atoms with van der Waals surface area (Å²) in [5, 5.41) is 0. The zero-order valence-corrected chi connectivity index (χ0v) is 14.6. The number of hydrogen-bond donors (Lipinski definition) is 0. The highest BCUT2D eigenvalue weighted by Gasteiger charge is 2.12. The van der Waals surface area contributed by atoms with Crippen LogP contribution in [0.5, 0.6) is 0 Å². The van der Waals surface area contributed by atoms with Gasteiger partial charge in [0.1, 0.15) is 0 Å². The molecule has 0 radical (unpaired) electrons. The third-order valence-corrected chi connectivity index (χ3v) is 3.78. The fourth-order valence-corrected chi connectivity index (χ4v) is 2.35. The molecule has 0 N–H and O–H groups in total. The van der Waals surface area contributed by atoms with Gasteiger partial charge in [-0.15, -0.1) is 0 Å². The van der Waals surface area contributed by atoms with Crippen LogP contribution in [0, 0.1) is 0 Å². The zero-order valence-electron chi connectivity index (χ0n) is 14.6. The van der Waals surface area contributed by atoms with Crippen LogP contribution in [0.25, 0.3) is 6.08 Å². The average Bonchev–Trinajstić information content (AvgIpc) is 2.42. The Labute approximate surface area is 132 Å². The van der Waals surface area contributed by atoms with Crippen LogP contribution in [0.2, 0.25) is 0 Å². The molecular formula is C21H32. The van der Waals surface area contributed by atoms with E-state index in [4.69, 9.17) is 0 Å². The lowest BCUT2D eigenvalue weighted by molar-refractivity contribution is 0.590. The fourth-order valence-electron chi connectivity index (χ4n) is 2.35. The third-order valence-electron chi connectivity index (χ3n) is 3.78. The van der Waals surface area contributed by atoms with Gasteiger partial charge in [0.25, 0.3) is 0 Å². The van der Waals surface area contributed by atoms with Crippen LogP contribution in [0.3, 0.4) is 0 Å². The van der Waals surface area contributed by atoms with Gasteiger partial charge in [-0.3, -0.25) is 0 Å². The van der Waals surface area contributed by atoms with Gasteiger partial charge in [-0.2, -0.15) is 0 Å². The van der Waals surface area contributed by atoms with Crippen molar-refractivity contribution < 1.29 is 0 Å². The number of allylic oxidation sites excluding steroid dienone is 3. The van der Waals surface area contributed by atoms with E-state index in [9.17, 15) is 0 Å². The maximum atomic E-state index is 2.31. The predicted molar refractivity (Wildman–Crippen MR) is 96.7 cm³/mol. The molecule has 0 aliphatic heterocycles. The molecule has 0 saturated carbocycles. The number of benzene rings is 1. The van der Waals surface area contributed by atoms with E-state index < -0.39 is 0 Å². The summed E-state index contributed by atoms with van der Waals surface area (Å²) in [5.41, 5.74) is 4.24. The van der Waals surface area contributed by atoms with Crippen molar-refractivity contribution in [2.45, 2.75) is 72.1 Å². The Balaban J connectivity index is 2.52. The molecule has 116 valence electrons. The Morgan fingerprint density at radius 2 is 1.67 bits per heavy atom. The topological polar surface area (TPSA) is 0 Å². The summed E-state index contributed by atoms with van der Waals surface area (Å²) >= 11 is 0. The third kappa shape index (κ3) is 7.32. The second-order valence-corrected chi connectivity index (χ2v) is 7.01. The Morgan fingerprint density at radius 3 is 2.24 bits per heavy atom. The van der Waals surface area contributed by atoms with Crippen molar-refractivity contribution in [3.8, 4) is 0 Å². The minimum Gasteiger partial charge on any atom is -0.0843 e. The molecule has 0 unspecified atom stereocenters. The average molecular weight is 284 g/mol. The minimum absolute atomic E-state index is 0.232. The summed E-state index contributed by atoms with van der Waals surface area (Å²) < 4.78 is 0. The highest BCUT2D eigenvalue weighted by atomic mass is 14.2. The lowest BCUT2D eigenvalue weighted by atomic mass is 9.86. The molecule has 21 heavy (non-hydrogen) atoms. The van der Waals surface area contributed by atoms with Crippen LogP contribution in [-0.4, -0.2) is 0 Å². The molecule has 0 heteroatoms. The first-order valence-electron chi connectivity index (χ1n) is 8.39. The molecule has 0 bridgehead atoms. The molecule has 0 aliphatic carbocycles. The van der Waals surface area contributed by atoms with E-state index in [-0.39, 0.29) is 5.41 Å². The van der Waals surface area contributed by atoms with Crippen LogP contribution >= 0.6 is 0 Å². The SMILES string of the molecule is CCCCCC/C=C\C(C)=C\c1ccc(C(C)(C)C)cc1. The van der Waals surface area contributed by atoms with Crippen LogP contribution in [0.1, 0.15) is 77.8 Å². The van der Waals surface area contributed by atoms with Gasteiger partial charge in [-0.05, 0) is 36.3 Å². The second-order valence-electron chi connectivity index (χ2n) is 7.01. The zero-order chi connectivity index (χ0) is 15.7. The van der Waals surface area contributed by atoms with E-state index in [1.807, 2.05) is 0 Å². The molecule has 1 aromatic carbocycles. The largest absolute Gasteiger partial charge is 0.0843 e. The summed E-state index contributed by atoms with van der Waals surface area (Å²) in [6, 6.07) is 8.93. The molecule has 1 rings (SSSR count). The van der Waals surface area contributed by atoms with E-state index >= 15 is 0 Å². The molecule has 0 saturated heterocycles. The first-order valence-corrected chi connectivity index (χ1v) is 8.39. The second kappa shape index (κ2) is 8.87. The van der Waals surface area contributed by atoms with Crippen molar-refractivity contribution in [2.75, 3.05) is 0 Å².